The van der Waals surface area contributed by atoms with Crippen LogP contribution in [-0.2, 0) is 31.9 Å². The first-order valence-corrected chi connectivity index (χ1v) is 9.78. The fraction of sp³-hybridized carbons (Fsp3) is 0.444. The van der Waals surface area contributed by atoms with Crippen LogP contribution in [0.2, 0.25) is 0 Å². The van der Waals surface area contributed by atoms with Gasteiger partial charge in [0.25, 0.3) is 5.56 Å². The van der Waals surface area contributed by atoms with Gasteiger partial charge >= 0.3 is 5.69 Å². The van der Waals surface area contributed by atoms with E-state index in [9.17, 15) is 14.4 Å². The number of aromatic nitrogens is 4. The molecule has 1 unspecified atom stereocenters. The number of hydrogen-bond acceptors (Lipinski definition) is 5. The third-order valence-electron chi connectivity index (χ3n) is 5.30. The van der Waals surface area contributed by atoms with Crippen molar-refractivity contribution in [2.24, 2.45) is 14.1 Å². The molecule has 1 aliphatic rings. The van der Waals surface area contributed by atoms with Crippen LogP contribution in [0.1, 0.15) is 29.8 Å². The molecule has 4 heterocycles. The summed E-state index contributed by atoms with van der Waals surface area (Å²) >= 11 is 1.72. The second-order valence-corrected chi connectivity index (χ2v) is 7.82. The molecule has 0 bridgehead atoms. The minimum absolute atomic E-state index is 0.00696. The first-order valence-electron chi connectivity index (χ1n) is 8.90. The number of rotatable bonds is 3. The highest BCUT2D eigenvalue weighted by atomic mass is 32.1. The number of nitrogens with zero attached hydrogens (tertiary/aromatic N) is 5. The van der Waals surface area contributed by atoms with E-state index in [1.165, 1.54) is 21.3 Å². The van der Waals surface area contributed by atoms with Gasteiger partial charge in [-0.3, -0.25) is 14.2 Å². The van der Waals surface area contributed by atoms with Crippen molar-refractivity contribution in [3.05, 3.63) is 49.1 Å². The SMILES string of the molecule is CCC1c2ccsc2CCN1C(=O)Cn1c(=O)c2c(ncn2C)n(C)c1=O. The zero-order valence-corrected chi connectivity index (χ0v) is 16.3. The molecule has 0 N–H and O–H groups in total. The Morgan fingerprint density at radius 1 is 1.33 bits per heavy atom. The summed E-state index contributed by atoms with van der Waals surface area (Å²) in [5.41, 5.74) is 0.812. The molecule has 3 aromatic rings. The van der Waals surface area contributed by atoms with Gasteiger partial charge in [-0.25, -0.2) is 14.3 Å². The average molecular weight is 387 g/mol. The van der Waals surface area contributed by atoms with Crippen LogP contribution in [0.3, 0.4) is 0 Å². The first-order chi connectivity index (χ1) is 12.9. The summed E-state index contributed by atoms with van der Waals surface area (Å²) in [7, 11) is 3.26. The Bertz CT molecular complexity index is 1150. The highest BCUT2D eigenvalue weighted by molar-refractivity contribution is 7.10. The van der Waals surface area contributed by atoms with Crippen molar-refractivity contribution in [2.75, 3.05) is 6.54 Å². The van der Waals surface area contributed by atoms with Gasteiger partial charge in [0, 0.05) is 25.5 Å². The van der Waals surface area contributed by atoms with Gasteiger partial charge in [0.1, 0.15) is 6.54 Å². The largest absolute Gasteiger partial charge is 0.334 e. The Kier molecular flexibility index (Phi) is 4.26. The maximum Gasteiger partial charge on any atom is 0.332 e. The number of imidazole rings is 1. The molecule has 1 aliphatic heterocycles. The van der Waals surface area contributed by atoms with E-state index in [2.05, 4.69) is 16.4 Å². The summed E-state index contributed by atoms with van der Waals surface area (Å²) in [6.07, 6.45) is 3.10. The Labute approximate surface area is 159 Å². The first kappa shape index (κ1) is 17.7. The lowest BCUT2D eigenvalue weighted by Gasteiger charge is -2.35. The minimum Gasteiger partial charge on any atom is -0.334 e. The van der Waals surface area contributed by atoms with Crippen LogP contribution >= 0.6 is 11.3 Å². The molecule has 1 amide bonds. The Balaban J connectivity index is 1.73. The molecule has 1 atom stereocenters. The molecule has 4 rings (SSSR count). The molecule has 3 aromatic heterocycles. The minimum atomic E-state index is -0.527. The summed E-state index contributed by atoms with van der Waals surface area (Å²) in [4.78, 5) is 45.7. The summed E-state index contributed by atoms with van der Waals surface area (Å²) in [6.45, 7) is 2.39. The van der Waals surface area contributed by atoms with Crippen LogP contribution in [0, 0.1) is 0 Å². The van der Waals surface area contributed by atoms with E-state index in [-0.39, 0.29) is 18.5 Å². The molecule has 0 spiro atoms. The normalized spacial score (nSPS) is 16.7. The Morgan fingerprint density at radius 3 is 2.85 bits per heavy atom. The maximum atomic E-state index is 13.0. The van der Waals surface area contributed by atoms with Gasteiger partial charge in [0.15, 0.2) is 11.2 Å². The van der Waals surface area contributed by atoms with Gasteiger partial charge < -0.3 is 9.47 Å². The molecule has 0 fully saturated rings. The molecule has 142 valence electrons. The molecule has 0 saturated carbocycles. The Morgan fingerprint density at radius 2 is 2.11 bits per heavy atom. The van der Waals surface area contributed by atoms with E-state index in [1.807, 2.05) is 6.92 Å². The molecule has 0 radical (unpaired) electrons. The average Bonchev–Trinajstić information content (AvgIpc) is 3.28. The Hall–Kier alpha value is -2.68. The van der Waals surface area contributed by atoms with Crippen molar-refractivity contribution in [3.8, 4) is 0 Å². The zero-order valence-electron chi connectivity index (χ0n) is 15.5. The van der Waals surface area contributed by atoms with E-state index in [1.54, 1.807) is 34.9 Å². The van der Waals surface area contributed by atoms with Crippen molar-refractivity contribution in [1.82, 2.24) is 23.6 Å². The lowest BCUT2D eigenvalue weighted by molar-refractivity contribution is -0.135. The van der Waals surface area contributed by atoms with Crippen LogP contribution in [0.4, 0.5) is 0 Å². The highest BCUT2D eigenvalue weighted by Crippen LogP contribution is 2.35. The third-order valence-corrected chi connectivity index (χ3v) is 6.29. The second-order valence-electron chi connectivity index (χ2n) is 6.82. The van der Waals surface area contributed by atoms with Crippen molar-refractivity contribution < 1.29 is 4.79 Å². The molecule has 9 heteroatoms. The van der Waals surface area contributed by atoms with Crippen LogP contribution in [0.25, 0.3) is 11.2 Å². The molecule has 27 heavy (non-hydrogen) atoms. The predicted molar refractivity (Wildman–Crippen MR) is 103 cm³/mol. The zero-order chi connectivity index (χ0) is 19.3. The van der Waals surface area contributed by atoms with Gasteiger partial charge in [0.05, 0.1) is 12.4 Å². The smallest absolute Gasteiger partial charge is 0.332 e. The quantitative estimate of drug-likeness (QED) is 0.672. The van der Waals surface area contributed by atoms with Crippen molar-refractivity contribution in [2.45, 2.75) is 32.4 Å². The summed E-state index contributed by atoms with van der Waals surface area (Å²) in [6, 6.07) is 2.06. The number of thiophene rings is 1. The topological polar surface area (TPSA) is 82.1 Å². The van der Waals surface area contributed by atoms with Gasteiger partial charge in [-0.15, -0.1) is 11.3 Å². The van der Waals surface area contributed by atoms with Crippen LogP contribution in [-0.4, -0.2) is 36.0 Å². The highest BCUT2D eigenvalue weighted by Gasteiger charge is 2.31. The van der Waals surface area contributed by atoms with Crippen LogP contribution in [0.5, 0.6) is 0 Å². The number of fused-ring (bicyclic) bond motifs is 2. The van der Waals surface area contributed by atoms with Gasteiger partial charge in [0.2, 0.25) is 5.91 Å². The van der Waals surface area contributed by atoms with Gasteiger partial charge in [-0.2, -0.15) is 0 Å². The van der Waals surface area contributed by atoms with Gasteiger partial charge in [-0.1, -0.05) is 6.92 Å². The molecular formula is C18H21N5O3S. The second kappa shape index (κ2) is 6.49. The molecule has 8 nitrogen and oxygen atoms in total. The fourth-order valence-corrected chi connectivity index (χ4v) is 4.83. The number of amides is 1. The van der Waals surface area contributed by atoms with Crippen LogP contribution < -0.4 is 11.2 Å². The lowest BCUT2D eigenvalue weighted by Crippen LogP contribution is -2.46. The van der Waals surface area contributed by atoms with E-state index >= 15 is 0 Å². The van der Waals surface area contributed by atoms with E-state index in [0.717, 1.165) is 17.4 Å². The summed E-state index contributed by atoms with van der Waals surface area (Å²) < 4.78 is 3.90. The number of hydrogen-bond donors (Lipinski definition) is 0. The predicted octanol–water partition coefficient (Wildman–Crippen LogP) is 1.03. The molecule has 0 aromatic carbocycles. The molecule has 0 saturated heterocycles. The number of carbonyl (C=O) groups is 1. The monoisotopic (exact) mass is 387 g/mol. The lowest BCUT2D eigenvalue weighted by atomic mass is 9.98. The van der Waals surface area contributed by atoms with Crippen molar-refractivity contribution in [3.63, 3.8) is 0 Å². The summed E-state index contributed by atoms with van der Waals surface area (Å²) in [5, 5.41) is 2.05. The fourth-order valence-electron chi connectivity index (χ4n) is 3.90. The van der Waals surface area contributed by atoms with Crippen molar-refractivity contribution >= 4 is 28.4 Å². The van der Waals surface area contributed by atoms with E-state index in [0.29, 0.717) is 17.7 Å². The van der Waals surface area contributed by atoms with E-state index < -0.39 is 11.2 Å². The third kappa shape index (κ3) is 2.64. The number of carbonyl (C=O) groups excluding carboxylic acids is 1. The molecule has 0 aliphatic carbocycles. The maximum absolute atomic E-state index is 13.0. The summed E-state index contributed by atoms with van der Waals surface area (Å²) in [5.74, 6) is -0.209. The van der Waals surface area contributed by atoms with E-state index in [4.69, 9.17) is 0 Å². The number of aryl methyl sites for hydroxylation is 2. The van der Waals surface area contributed by atoms with Crippen molar-refractivity contribution in [1.29, 1.82) is 0 Å². The standard InChI is InChI=1S/C18H21N5O3S/c1-4-12-11-6-8-27-13(11)5-7-22(12)14(24)9-23-17(25)15-16(19-10-20(15)2)21(3)18(23)26/h6,8,10,12H,4-5,7,9H2,1-3H3. The molecular weight excluding hydrogens is 366 g/mol. The van der Waals surface area contributed by atoms with Crippen LogP contribution in [0.15, 0.2) is 27.4 Å². The van der Waals surface area contributed by atoms with Gasteiger partial charge in [-0.05, 0) is 29.9 Å².